The van der Waals surface area contributed by atoms with Gasteiger partial charge in [-0.3, -0.25) is 4.79 Å². The van der Waals surface area contributed by atoms with E-state index in [-0.39, 0.29) is 6.42 Å². The van der Waals surface area contributed by atoms with Crippen LogP contribution in [0.15, 0.2) is 109 Å². The number of aliphatic carboxylic acids is 1. The van der Waals surface area contributed by atoms with E-state index in [0.29, 0.717) is 6.42 Å². The molecule has 5 nitrogen and oxygen atoms in total. The number of hydrogen-bond donors (Lipinski definition) is 3. The van der Waals surface area contributed by atoms with E-state index in [1.165, 1.54) is 0 Å². The summed E-state index contributed by atoms with van der Waals surface area (Å²) in [4.78, 5) is 24.5. The number of rotatable bonds is 9. The van der Waals surface area contributed by atoms with Crippen molar-refractivity contribution < 1.29 is 14.7 Å². The average molecular weight is 465 g/mol. The van der Waals surface area contributed by atoms with E-state index in [2.05, 4.69) is 5.32 Å². The van der Waals surface area contributed by atoms with Gasteiger partial charge in [-0.2, -0.15) is 0 Å². The zero-order valence-electron chi connectivity index (χ0n) is 19.3. The molecule has 0 bridgehead atoms. The van der Waals surface area contributed by atoms with Gasteiger partial charge in [0.2, 0.25) is 5.91 Å². The summed E-state index contributed by atoms with van der Waals surface area (Å²) in [6.45, 7) is 0. The van der Waals surface area contributed by atoms with Gasteiger partial charge in [-0.05, 0) is 39.8 Å². The lowest BCUT2D eigenvalue weighted by molar-refractivity contribution is -0.141. The first-order valence-corrected chi connectivity index (χ1v) is 11.6. The summed E-state index contributed by atoms with van der Waals surface area (Å²) in [5, 5.41) is 12.3. The Morgan fingerprint density at radius 3 is 1.46 bits per heavy atom. The van der Waals surface area contributed by atoms with Crippen molar-refractivity contribution in [2.75, 3.05) is 0 Å². The van der Waals surface area contributed by atoms with Crippen molar-refractivity contribution in [2.45, 2.75) is 24.9 Å². The second-order valence-corrected chi connectivity index (χ2v) is 8.54. The van der Waals surface area contributed by atoms with E-state index in [9.17, 15) is 14.7 Å². The molecule has 0 aliphatic rings. The highest BCUT2D eigenvalue weighted by molar-refractivity contribution is 5.87. The van der Waals surface area contributed by atoms with Crippen molar-refractivity contribution in [3.63, 3.8) is 0 Å². The van der Waals surface area contributed by atoms with Gasteiger partial charge in [0.25, 0.3) is 0 Å². The van der Waals surface area contributed by atoms with E-state index >= 15 is 0 Å². The van der Waals surface area contributed by atoms with Gasteiger partial charge in [0.1, 0.15) is 6.04 Å². The third kappa shape index (κ3) is 6.43. The molecule has 4 N–H and O–H groups in total. The number of carbonyl (C=O) groups is 2. The Morgan fingerprint density at radius 1 is 0.629 bits per heavy atom. The Morgan fingerprint density at radius 2 is 1.03 bits per heavy atom. The van der Waals surface area contributed by atoms with E-state index in [1.54, 1.807) is 0 Å². The average Bonchev–Trinajstić information content (AvgIpc) is 2.90. The predicted octanol–water partition coefficient (Wildman–Crippen LogP) is 4.70. The van der Waals surface area contributed by atoms with Gasteiger partial charge in [0.15, 0.2) is 0 Å². The number of hydrogen-bond acceptors (Lipinski definition) is 3. The second-order valence-electron chi connectivity index (χ2n) is 8.54. The van der Waals surface area contributed by atoms with Crippen LogP contribution in [0.3, 0.4) is 0 Å². The number of amides is 1. The summed E-state index contributed by atoms with van der Waals surface area (Å²) in [6, 6.07) is 33.6. The summed E-state index contributed by atoms with van der Waals surface area (Å²) in [7, 11) is 0. The number of nitrogens with one attached hydrogen (secondary N) is 1. The number of benzene rings is 4. The fraction of sp³-hybridized carbons (Fsp3) is 0.133. The predicted molar refractivity (Wildman–Crippen MR) is 139 cm³/mol. The molecule has 2 atom stereocenters. The minimum Gasteiger partial charge on any atom is -0.480 e. The van der Waals surface area contributed by atoms with Crippen molar-refractivity contribution in [2.24, 2.45) is 5.73 Å². The molecule has 5 heteroatoms. The van der Waals surface area contributed by atoms with Crippen LogP contribution in [0, 0.1) is 0 Å². The molecule has 4 aromatic rings. The van der Waals surface area contributed by atoms with Crippen molar-refractivity contribution in [1.82, 2.24) is 5.32 Å². The monoisotopic (exact) mass is 464 g/mol. The van der Waals surface area contributed by atoms with Crippen LogP contribution in [0.5, 0.6) is 0 Å². The highest BCUT2D eigenvalue weighted by Crippen LogP contribution is 2.21. The van der Waals surface area contributed by atoms with Crippen LogP contribution in [-0.4, -0.2) is 29.1 Å². The van der Waals surface area contributed by atoms with Crippen molar-refractivity contribution >= 4 is 11.9 Å². The lowest BCUT2D eigenvalue weighted by atomic mass is 9.99. The van der Waals surface area contributed by atoms with Gasteiger partial charge in [-0.15, -0.1) is 0 Å². The lowest BCUT2D eigenvalue weighted by Crippen LogP contribution is -2.50. The zero-order valence-corrected chi connectivity index (χ0v) is 19.3. The summed E-state index contributed by atoms with van der Waals surface area (Å²) < 4.78 is 0. The quantitative estimate of drug-likeness (QED) is 0.335. The molecule has 0 aliphatic heterocycles. The molecular weight excluding hydrogens is 436 g/mol. The van der Waals surface area contributed by atoms with E-state index < -0.39 is 24.0 Å². The third-order valence-corrected chi connectivity index (χ3v) is 5.97. The van der Waals surface area contributed by atoms with E-state index in [4.69, 9.17) is 5.73 Å². The van der Waals surface area contributed by atoms with Crippen LogP contribution in [0.4, 0.5) is 0 Å². The van der Waals surface area contributed by atoms with E-state index in [1.807, 2.05) is 109 Å². The Labute approximate surface area is 205 Å². The molecule has 0 saturated heterocycles. The van der Waals surface area contributed by atoms with Crippen LogP contribution >= 0.6 is 0 Å². The molecule has 0 aromatic heterocycles. The molecule has 0 unspecified atom stereocenters. The molecule has 176 valence electrons. The summed E-state index contributed by atoms with van der Waals surface area (Å²) in [6.07, 6.45) is 0.494. The van der Waals surface area contributed by atoms with Gasteiger partial charge < -0.3 is 16.2 Å². The Hall–Kier alpha value is -4.22. The van der Waals surface area contributed by atoms with Crippen molar-refractivity contribution in [3.05, 3.63) is 120 Å². The number of nitrogens with two attached hydrogens (primary N) is 1. The van der Waals surface area contributed by atoms with Crippen LogP contribution < -0.4 is 11.1 Å². The fourth-order valence-corrected chi connectivity index (χ4v) is 3.99. The standard InChI is InChI=1S/C30H28N2O3/c31-27(19-21-11-15-25(16-12-21)23-7-3-1-4-8-23)29(33)32-28(30(34)35)20-22-13-17-26(18-14-22)24-9-5-2-6-10-24/h1-18,27-28H,19-20,31H2,(H,32,33)(H,34,35)/t27-,28-/m0/s1. The lowest BCUT2D eigenvalue weighted by Gasteiger charge is -2.18. The molecule has 0 radical (unpaired) electrons. The maximum atomic E-state index is 12.7. The normalized spacial score (nSPS) is 12.5. The van der Waals surface area contributed by atoms with Crippen molar-refractivity contribution in [3.8, 4) is 22.3 Å². The molecule has 4 rings (SSSR count). The molecule has 1 amide bonds. The SMILES string of the molecule is N[C@@H](Cc1ccc(-c2ccccc2)cc1)C(=O)N[C@@H](Cc1ccc(-c2ccccc2)cc1)C(=O)O. The first-order chi connectivity index (χ1) is 17.0. The molecule has 0 spiro atoms. The minimum atomic E-state index is -1.09. The van der Waals surface area contributed by atoms with Crippen LogP contribution in [0.1, 0.15) is 11.1 Å². The maximum Gasteiger partial charge on any atom is 0.326 e. The molecular formula is C30H28N2O3. The summed E-state index contributed by atoms with van der Waals surface area (Å²) in [5.74, 6) is -1.57. The Bertz CT molecular complexity index is 1250. The third-order valence-electron chi connectivity index (χ3n) is 5.97. The first kappa shape index (κ1) is 23.9. The van der Waals surface area contributed by atoms with Crippen LogP contribution in [0.25, 0.3) is 22.3 Å². The first-order valence-electron chi connectivity index (χ1n) is 11.6. The van der Waals surface area contributed by atoms with Gasteiger partial charge in [-0.25, -0.2) is 4.79 Å². The molecule has 35 heavy (non-hydrogen) atoms. The maximum absolute atomic E-state index is 12.7. The van der Waals surface area contributed by atoms with Gasteiger partial charge in [0, 0.05) is 6.42 Å². The minimum absolute atomic E-state index is 0.175. The molecule has 0 aliphatic carbocycles. The highest BCUT2D eigenvalue weighted by atomic mass is 16.4. The summed E-state index contributed by atoms with van der Waals surface area (Å²) >= 11 is 0. The molecule has 0 fully saturated rings. The second kappa shape index (κ2) is 11.3. The van der Waals surface area contributed by atoms with Gasteiger partial charge >= 0.3 is 5.97 Å². The largest absolute Gasteiger partial charge is 0.480 e. The van der Waals surface area contributed by atoms with E-state index in [0.717, 1.165) is 33.4 Å². The number of carboxylic acids is 1. The van der Waals surface area contributed by atoms with Gasteiger partial charge in [-0.1, -0.05) is 109 Å². The smallest absolute Gasteiger partial charge is 0.326 e. The zero-order chi connectivity index (χ0) is 24.6. The fourth-order valence-electron chi connectivity index (χ4n) is 3.99. The summed E-state index contributed by atoms with van der Waals surface area (Å²) in [5.41, 5.74) is 12.2. The van der Waals surface area contributed by atoms with Crippen molar-refractivity contribution in [1.29, 1.82) is 0 Å². The van der Waals surface area contributed by atoms with Crippen LogP contribution in [-0.2, 0) is 22.4 Å². The highest BCUT2D eigenvalue weighted by Gasteiger charge is 2.24. The molecule has 0 saturated carbocycles. The topological polar surface area (TPSA) is 92.4 Å². The Kier molecular flexibility index (Phi) is 7.70. The number of carbonyl (C=O) groups excluding carboxylic acids is 1. The molecule has 0 heterocycles. The van der Waals surface area contributed by atoms with Crippen LogP contribution in [0.2, 0.25) is 0 Å². The van der Waals surface area contributed by atoms with Gasteiger partial charge in [0.05, 0.1) is 6.04 Å². The molecule has 4 aromatic carbocycles. The number of carboxylic acid groups (broad SMARTS) is 1. The Balaban J connectivity index is 1.35.